The summed E-state index contributed by atoms with van der Waals surface area (Å²) in [7, 11) is -1.42. The summed E-state index contributed by atoms with van der Waals surface area (Å²) in [6.45, 7) is 2.46. The summed E-state index contributed by atoms with van der Waals surface area (Å²) in [5.74, 6) is 1.42. The minimum absolute atomic E-state index is 0.143. The maximum absolute atomic E-state index is 13.1. The van der Waals surface area contributed by atoms with Crippen molar-refractivity contribution in [1.29, 1.82) is 0 Å². The molecule has 0 spiro atoms. The Bertz CT molecular complexity index is 656. The van der Waals surface area contributed by atoms with E-state index in [0.29, 0.717) is 12.4 Å². The largest absolute Gasteiger partial charge is 0.373 e. The number of hydrogen-bond donors (Lipinski definition) is 1. The van der Waals surface area contributed by atoms with Crippen LogP contribution in [0, 0.1) is 6.92 Å². The fourth-order valence-electron chi connectivity index (χ4n) is 3.78. The number of aromatic nitrogens is 2. The molecule has 1 saturated heterocycles. The number of nitrogens with one attached hydrogen (secondary N) is 1. The number of nitrogens with zero attached hydrogens (tertiary/aromatic N) is 3. The highest BCUT2D eigenvalue weighted by molar-refractivity contribution is 7.89. The quantitative estimate of drug-likeness (QED) is 0.913. The monoisotopic (exact) mass is 338 g/mol. The molecule has 7 heteroatoms. The second kappa shape index (κ2) is 6.73. The molecular formula is C16H26N4O2S. The Morgan fingerprint density at radius 3 is 2.57 bits per heavy atom. The third-order valence-electron chi connectivity index (χ3n) is 4.96. The zero-order valence-electron chi connectivity index (χ0n) is 14.0. The van der Waals surface area contributed by atoms with Gasteiger partial charge < -0.3 is 5.32 Å². The summed E-state index contributed by atoms with van der Waals surface area (Å²) in [5, 5.41) is 2.82. The maximum Gasteiger partial charge on any atom is 0.217 e. The van der Waals surface area contributed by atoms with E-state index in [0.717, 1.165) is 56.5 Å². The van der Waals surface area contributed by atoms with E-state index in [2.05, 4.69) is 15.3 Å². The first-order chi connectivity index (χ1) is 11.0. The SMILES string of the molecule is CNc1cc([C@@H]2CCCN2S(=O)(=O)C2CCCCC2)nc(C)n1. The molecular weight excluding hydrogens is 312 g/mol. The van der Waals surface area contributed by atoms with Crippen molar-refractivity contribution in [1.82, 2.24) is 14.3 Å². The first-order valence-electron chi connectivity index (χ1n) is 8.56. The van der Waals surface area contributed by atoms with E-state index in [4.69, 9.17) is 0 Å². The highest BCUT2D eigenvalue weighted by Gasteiger charge is 2.40. The fraction of sp³-hybridized carbons (Fsp3) is 0.750. The van der Waals surface area contributed by atoms with E-state index < -0.39 is 10.0 Å². The summed E-state index contributed by atoms with van der Waals surface area (Å²) >= 11 is 0. The van der Waals surface area contributed by atoms with Crippen molar-refractivity contribution in [3.05, 3.63) is 17.6 Å². The number of sulfonamides is 1. The Hall–Kier alpha value is -1.21. The van der Waals surface area contributed by atoms with Gasteiger partial charge in [-0.15, -0.1) is 0 Å². The molecule has 0 radical (unpaired) electrons. The van der Waals surface area contributed by atoms with E-state index in [1.165, 1.54) is 0 Å². The lowest BCUT2D eigenvalue weighted by molar-refractivity contribution is 0.369. The lowest BCUT2D eigenvalue weighted by atomic mass is 10.0. The van der Waals surface area contributed by atoms with Crippen LogP contribution in [0.1, 0.15) is 62.5 Å². The van der Waals surface area contributed by atoms with Gasteiger partial charge >= 0.3 is 0 Å². The van der Waals surface area contributed by atoms with Crippen molar-refractivity contribution in [3.8, 4) is 0 Å². The Morgan fingerprint density at radius 1 is 1.13 bits per heavy atom. The van der Waals surface area contributed by atoms with Gasteiger partial charge in [-0.3, -0.25) is 0 Å². The standard InChI is InChI=1S/C16H26N4O2S/c1-12-18-14(11-16(17-2)19-12)15-9-6-10-20(15)23(21,22)13-7-4-3-5-8-13/h11,13,15H,3-10H2,1-2H3,(H,17,18,19)/t15-/m0/s1. The zero-order valence-corrected chi connectivity index (χ0v) is 14.8. The third-order valence-corrected chi connectivity index (χ3v) is 7.36. The second-order valence-corrected chi connectivity index (χ2v) is 8.71. The van der Waals surface area contributed by atoms with Crippen LogP contribution in [-0.4, -0.2) is 41.5 Å². The van der Waals surface area contributed by atoms with E-state index in [1.807, 2.05) is 20.0 Å². The van der Waals surface area contributed by atoms with Crippen molar-refractivity contribution in [3.63, 3.8) is 0 Å². The van der Waals surface area contributed by atoms with Gasteiger partial charge in [0.2, 0.25) is 10.0 Å². The van der Waals surface area contributed by atoms with E-state index >= 15 is 0 Å². The van der Waals surface area contributed by atoms with Crippen LogP contribution in [0.2, 0.25) is 0 Å². The lowest BCUT2D eigenvalue weighted by Gasteiger charge is -2.30. The number of rotatable bonds is 4. The molecule has 1 atom stereocenters. The van der Waals surface area contributed by atoms with Crippen molar-refractivity contribution >= 4 is 15.8 Å². The number of hydrogen-bond acceptors (Lipinski definition) is 5. The fourth-order valence-corrected chi connectivity index (χ4v) is 6.05. The lowest BCUT2D eigenvalue weighted by Crippen LogP contribution is -2.39. The van der Waals surface area contributed by atoms with E-state index in [9.17, 15) is 8.42 Å². The predicted molar refractivity (Wildman–Crippen MR) is 90.8 cm³/mol. The Morgan fingerprint density at radius 2 is 1.87 bits per heavy atom. The van der Waals surface area contributed by atoms with Gasteiger partial charge in [0.1, 0.15) is 11.6 Å². The second-order valence-electron chi connectivity index (χ2n) is 6.55. The summed E-state index contributed by atoms with van der Waals surface area (Å²) < 4.78 is 27.9. The summed E-state index contributed by atoms with van der Waals surface area (Å²) in [6.07, 6.45) is 6.55. The molecule has 1 aromatic heterocycles. The first-order valence-corrected chi connectivity index (χ1v) is 10.1. The third kappa shape index (κ3) is 3.35. The smallest absolute Gasteiger partial charge is 0.217 e. The molecule has 3 rings (SSSR count). The average molecular weight is 338 g/mol. The molecule has 0 aromatic carbocycles. The molecule has 6 nitrogen and oxygen atoms in total. The molecule has 2 aliphatic rings. The van der Waals surface area contributed by atoms with Crippen molar-refractivity contribution in [2.45, 2.75) is 63.2 Å². The Kier molecular flexibility index (Phi) is 4.87. The van der Waals surface area contributed by atoms with Crippen molar-refractivity contribution < 1.29 is 8.42 Å². The Labute approximate surface area is 138 Å². The van der Waals surface area contributed by atoms with Crippen LogP contribution >= 0.6 is 0 Å². The molecule has 0 unspecified atom stereocenters. The number of aryl methyl sites for hydroxylation is 1. The van der Waals surface area contributed by atoms with Gasteiger partial charge in [0, 0.05) is 19.7 Å². The van der Waals surface area contributed by atoms with Crippen molar-refractivity contribution in [2.24, 2.45) is 0 Å². The highest BCUT2D eigenvalue weighted by atomic mass is 32.2. The van der Waals surface area contributed by atoms with Gasteiger partial charge in [-0.1, -0.05) is 19.3 Å². The Balaban J connectivity index is 1.89. The van der Waals surface area contributed by atoms with Gasteiger partial charge in [0.25, 0.3) is 0 Å². The molecule has 1 N–H and O–H groups in total. The minimum atomic E-state index is -3.24. The molecule has 1 aliphatic heterocycles. The first kappa shape index (κ1) is 16.6. The van der Waals surface area contributed by atoms with E-state index in [-0.39, 0.29) is 11.3 Å². The van der Waals surface area contributed by atoms with Crippen LogP contribution in [-0.2, 0) is 10.0 Å². The van der Waals surface area contributed by atoms with Crippen LogP contribution in [0.25, 0.3) is 0 Å². The molecule has 0 bridgehead atoms. The van der Waals surface area contributed by atoms with E-state index in [1.54, 1.807) is 4.31 Å². The summed E-state index contributed by atoms with van der Waals surface area (Å²) in [5.41, 5.74) is 0.818. The molecule has 23 heavy (non-hydrogen) atoms. The molecule has 2 heterocycles. The van der Waals surface area contributed by atoms with Crippen LogP contribution < -0.4 is 5.32 Å². The molecule has 1 saturated carbocycles. The van der Waals surface area contributed by atoms with Gasteiger partial charge in [-0.25, -0.2) is 18.4 Å². The van der Waals surface area contributed by atoms with Crippen molar-refractivity contribution in [2.75, 3.05) is 18.9 Å². The topological polar surface area (TPSA) is 75.2 Å². The van der Waals surface area contributed by atoms with Crippen LogP contribution in [0.5, 0.6) is 0 Å². The van der Waals surface area contributed by atoms with Gasteiger partial charge in [0.05, 0.1) is 17.0 Å². The van der Waals surface area contributed by atoms with Gasteiger partial charge in [0.15, 0.2) is 0 Å². The van der Waals surface area contributed by atoms with Crippen LogP contribution in [0.4, 0.5) is 5.82 Å². The maximum atomic E-state index is 13.1. The average Bonchev–Trinajstić information content (AvgIpc) is 3.05. The van der Waals surface area contributed by atoms with Crippen LogP contribution in [0.15, 0.2) is 6.07 Å². The zero-order chi connectivity index (χ0) is 16.4. The molecule has 1 aliphatic carbocycles. The predicted octanol–water partition coefficient (Wildman–Crippen LogP) is 2.63. The molecule has 1 aromatic rings. The molecule has 0 amide bonds. The molecule has 128 valence electrons. The highest BCUT2D eigenvalue weighted by Crippen LogP contribution is 2.37. The normalized spacial score (nSPS) is 24.0. The van der Waals surface area contributed by atoms with Crippen LogP contribution in [0.3, 0.4) is 0 Å². The molecule has 2 fully saturated rings. The summed E-state index contributed by atoms with van der Waals surface area (Å²) in [6, 6.07) is 1.74. The minimum Gasteiger partial charge on any atom is -0.373 e. The van der Waals surface area contributed by atoms with Gasteiger partial charge in [-0.05, 0) is 32.6 Å². The van der Waals surface area contributed by atoms with Gasteiger partial charge in [-0.2, -0.15) is 4.31 Å². The summed E-state index contributed by atoms with van der Waals surface area (Å²) in [4.78, 5) is 8.83. The number of anilines is 1.